The topological polar surface area (TPSA) is 105 Å². The summed E-state index contributed by atoms with van der Waals surface area (Å²) in [5.41, 5.74) is 0.242. The molecule has 128 valence electrons. The third-order valence-electron chi connectivity index (χ3n) is 3.40. The van der Waals surface area contributed by atoms with Gasteiger partial charge in [-0.2, -0.15) is 0 Å². The van der Waals surface area contributed by atoms with Gasteiger partial charge in [0.2, 0.25) is 0 Å². The molecule has 0 saturated heterocycles. The number of sulfone groups is 1. The lowest BCUT2D eigenvalue weighted by molar-refractivity contribution is -0.137. The van der Waals surface area contributed by atoms with E-state index in [4.69, 9.17) is 9.52 Å². The molecule has 0 atom stereocenters. The van der Waals surface area contributed by atoms with Crippen LogP contribution in [-0.4, -0.2) is 43.9 Å². The summed E-state index contributed by atoms with van der Waals surface area (Å²) in [5, 5.41) is 8.67. The van der Waals surface area contributed by atoms with Crippen molar-refractivity contribution in [2.75, 3.05) is 13.6 Å². The van der Waals surface area contributed by atoms with Crippen molar-refractivity contribution in [3.63, 3.8) is 0 Å². The highest BCUT2D eigenvalue weighted by Gasteiger charge is 2.24. The fraction of sp³-hybridized carbons (Fsp3) is 0.250. The molecular formula is C16H17NO6S. The average Bonchev–Trinajstić information content (AvgIpc) is 3.00. The molecule has 0 aliphatic heterocycles. The smallest absolute Gasteiger partial charge is 0.305 e. The molecule has 1 aromatic carbocycles. The minimum atomic E-state index is -3.62. The zero-order chi connectivity index (χ0) is 17.7. The van der Waals surface area contributed by atoms with Crippen molar-refractivity contribution in [3.8, 4) is 0 Å². The van der Waals surface area contributed by atoms with Crippen LogP contribution in [0.15, 0.2) is 52.0 Å². The molecule has 0 bridgehead atoms. The number of carboxylic acids is 1. The predicted molar refractivity (Wildman–Crippen MR) is 85.3 cm³/mol. The van der Waals surface area contributed by atoms with E-state index in [-0.39, 0.29) is 34.9 Å². The highest BCUT2D eigenvalue weighted by molar-refractivity contribution is 7.90. The fourth-order valence-electron chi connectivity index (χ4n) is 2.09. The quantitative estimate of drug-likeness (QED) is 0.815. The summed E-state index contributed by atoms with van der Waals surface area (Å²) < 4.78 is 30.0. The van der Waals surface area contributed by atoms with Crippen molar-refractivity contribution >= 4 is 21.7 Å². The maximum Gasteiger partial charge on any atom is 0.305 e. The Labute approximate surface area is 139 Å². The Morgan fingerprint density at radius 2 is 1.83 bits per heavy atom. The van der Waals surface area contributed by atoms with Gasteiger partial charge in [0, 0.05) is 19.2 Å². The van der Waals surface area contributed by atoms with Crippen LogP contribution in [0, 0.1) is 0 Å². The van der Waals surface area contributed by atoms with E-state index in [9.17, 15) is 18.0 Å². The van der Waals surface area contributed by atoms with Crippen LogP contribution in [0.1, 0.15) is 22.5 Å². The van der Waals surface area contributed by atoms with E-state index in [0.717, 1.165) is 0 Å². The number of hydrogen-bond acceptors (Lipinski definition) is 5. The molecule has 0 unspecified atom stereocenters. The number of aliphatic carboxylic acids is 1. The number of nitrogens with zero attached hydrogens (tertiary/aromatic N) is 1. The maximum atomic E-state index is 12.4. The summed E-state index contributed by atoms with van der Waals surface area (Å²) in [6.07, 6.45) is 1.04. The van der Waals surface area contributed by atoms with Crippen molar-refractivity contribution in [3.05, 3.63) is 54.0 Å². The third kappa shape index (κ3) is 4.23. The zero-order valence-electron chi connectivity index (χ0n) is 13.0. The second-order valence-electron chi connectivity index (χ2n) is 5.22. The van der Waals surface area contributed by atoms with Crippen LogP contribution in [0.5, 0.6) is 0 Å². The molecule has 1 amide bonds. The molecule has 0 aliphatic carbocycles. The molecule has 0 radical (unpaired) electrons. The van der Waals surface area contributed by atoms with Gasteiger partial charge in [-0.3, -0.25) is 9.59 Å². The van der Waals surface area contributed by atoms with Crippen molar-refractivity contribution in [1.29, 1.82) is 0 Å². The first-order chi connectivity index (χ1) is 11.3. The van der Waals surface area contributed by atoms with Crippen LogP contribution in [0.2, 0.25) is 0 Å². The first-order valence-corrected chi connectivity index (χ1v) is 8.78. The Hall–Kier alpha value is -2.61. The minimum absolute atomic E-state index is 0.000256. The largest absolute Gasteiger partial charge is 0.481 e. The molecule has 2 aromatic rings. The third-order valence-corrected chi connectivity index (χ3v) is 5.08. The molecule has 0 fully saturated rings. The summed E-state index contributed by atoms with van der Waals surface area (Å²) in [6.45, 7) is -0.000256. The van der Waals surface area contributed by atoms with Crippen LogP contribution in [-0.2, 0) is 20.4 Å². The zero-order valence-corrected chi connectivity index (χ0v) is 13.8. The lowest BCUT2D eigenvalue weighted by Gasteiger charge is -2.15. The molecule has 0 aliphatic rings. The Bertz CT molecular complexity index is 825. The van der Waals surface area contributed by atoms with Gasteiger partial charge in [-0.1, -0.05) is 18.2 Å². The lowest BCUT2D eigenvalue weighted by atomic mass is 10.2. The molecule has 0 spiro atoms. The van der Waals surface area contributed by atoms with Crippen molar-refractivity contribution in [1.82, 2.24) is 4.90 Å². The second kappa shape index (κ2) is 7.31. The average molecular weight is 351 g/mol. The van der Waals surface area contributed by atoms with Crippen molar-refractivity contribution in [2.24, 2.45) is 0 Å². The van der Waals surface area contributed by atoms with Crippen molar-refractivity contribution < 1.29 is 27.5 Å². The molecule has 1 N–H and O–H groups in total. The number of carboxylic acid groups (broad SMARTS) is 1. The number of furan rings is 1. The van der Waals surface area contributed by atoms with E-state index in [1.807, 2.05) is 0 Å². The van der Waals surface area contributed by atoms with E-state index in [1.54, 1.807) is 18.2 Å². The highest BCUT2D eigenvalue weighted by Crippen LogP contribution is 2.20. The minimum Gasteiger partial charge on any atom is -0.481 e. The molecule has 2 rings (SSSR count). The van der Waals surface area contributed by atoms with Crippen LogP contribution in [0.4, 0.5) is 0 Å². The van der Waals surface area contributed by atoms with E-state index >= 15 is 0 Å². The van der Waals surface area contributed by atoms with Crippen LogP contribution in [0.25, 0.3) is 0 Å². The molecule has 0 saturated carbocycles. The van der Waals surface area contributed by atoms with Gasteiger partial charge < -0.3 is 14.4 Å². The SMILES string of the molecule is CN(CCC(=O)O)C(=O)c1occc1CS(=O)(=O)c1ccccc1. The molecule has 1 heterocycles. The maximum absolute atomic E-state index is 12.4. The number of carbonyl (C=O) groups is 2. The normalized spacial score (nSPS) is 11.2. The fourth-order valence-corrected chi connectivity index (χ4v) is 3.47. The number of carbonyl (C=O) groups excluding carboxylic acids is 1. The van der Waals surface area contributed by atoms with E-state index < -0.39 is 21.7 Å². The van der Waals surface area contributed by atoms with Crippen LogP contribution >= 0.6 is 0 Å². The summed E-state index contributed by atoms with van der Waals surface area (Å²) in [5.74, 6) is -2.05. The van der Waals surface area contributed by atoms with Gasteiger partial charge in [-0.15, -0.1) is 0 Å². The summed E-state index contributed by atoms with van der Waals surface area (Å²) >= 11 is 0. The molecule has 1 aromatic heterocycles. The standard InChI is InChI=1S/C16H17NO6S/c1-17(9-7-14(18)19)16(20)15-12(8-10-23-15)11-24(21,22)13-5-3-2-4-6-13/h2-6,8,10H,7,9,11H2,1H3,(H,18,19). The van der Waals surface area contributed by atoms with Crippen molar-refractivity contribution in [2.45, 2.75) is 17.1 Å². The van der Waals surface area contributed by atoms with E-state index in [0.29, 0.717) is 0 Å². The molecule has 8 heteroatoms. The second-order valence-corrected chi connectivity index (χ2v) is 7.21. The van der Waals surface area contributed by atoms with Gasteiger partial charge in [-0.05, 0) is 18.2 Å². The molecular weight excluding hydrogens is 334 g/mol. The first kappa shape index (κ1) is 17.7. The first-order valence-electron chi connectivity index (χ1n) is 7.12. The monoisotopic (exact) mass is 351 g/mol. The molecule has 24 heavy (non-hydrogen) atoms. The number of benzene rings is 1. The van der Waals surface area contributed by atoms with Gasteiger partial charge in [0.15, 0.2) is 15.6 Å². The Morgan fingerprint density at radius 3 is 2.46 bits per heavy atom. The van der Waals surface area contributed by atoms with E-state index in [2.05, 4.69) is 0 Å². The van der Waals surface area contributed by atoms with Crippen LogP contribution < -0.4 is 0 Å². The summed E-state index contributed by atoms with van der Waals surface area (Å²) in [4.78, 5) is 24.2. The number of hydrogen-bond donors (Lipinski definition) is 1. The lowest BCUT2D eigenvalue weighted by Crippen LogP contribution is -2.29. The van der Waals surface area contributed by atoms with Gasteiger partial charge in [-0.25, -0.2) is 8.42 Å². The Kier molecular flexibility index (Phi) is 5.40. The molecule has 7 nitrogen and oxygen atoms in total. The predicted octanol–water partition coefficient (Wildman–Crippen LogP) is 1.80. The van der Waals surface area contributed by atoms with Gasteiger partial charge in [0.25, 0.3) is 5.91 Å². The van der Waals surface area contributed by atoms with Crippen LogP contribution in [0.3, 0.4) is 0 Å². The number of rotatable bonds is 7. The van der Waals surface area contributed by atoms with Gasteiger partial charge in [0.05, 0.1) is 23.3 Å². The Morgan fingerprint density at radius 1 is 1.17 bits per heavy atom. The highest BCUT2D eigenvalue weighted by atomic mass is 32.2. The summed E-state index contributed by atoms with van der Waals surface area (Å²) in [7, 11) is -2.18. The van der Waals surface area contributed by atoms with E-state index in [1.165, 1.54) is 36.4 Å². The Balaban J connectivity index is 2.18. The van der Waals surface area contributed by atoms with Gasteiger partial charge >= 0.3 is 5.97 Å². The summed E-state index contributed by atoms with van der Waals surface area (Å²) in [6, 6.07) is 9.34. The van der Waals surface area contributed by atoms with Gasteiger partial charge in [0.1, 0.15) is 0 Å². The number of amides is 1.